The van der Waals surface area contributed by atoms with E-state index in [1.807, 2.05) is 30.3 Å². The molecule has 26 heavy (non-hydrogen) atoms. The van der Waals surface area contributed by atoms with Gasteiger partial charge in [0.05, 0.1) is 18.0 Å². The zero-order chi connectivity index (χ0) is 18.5. The smallest absolute Gasteiger partial charge is 0.262 e. The molecule has 2 N–H and O–H groups in total. The molecule has 0 aliphatic carbocycles. The van der Waals surface area contributed by atoms with Crippen LogP contribution in [0.3, 0.4) is 0 Å². The molecule has 0 aliphatic rings. The lowest BCUT2D eigenvalue weighted by molar-refractivity contribution is -0.121. The molecule has 0 unspecified atom stereocenters. The molecule has 0 radical (unpaired) electrons. The number of nitrogens with zero attached hydrogens (tertiary/aromatic N) is 1. The molecule has 0 atom stereocenters. The maximum absolute atomic E-state index is 12.5. The summed E-state index contributed by atoms with van der Waals surface area (Å²) in [6.45, 7) is 0.623. The van der Waals surface area contributed by atoms with Gasteiger partial charge in [-0.05, 0) is 42.0 Å². The number of para-hydroxylation sites is 1. The molecule has 0 saturated heterocycles. The summed E-state index contributed by atoms with van der Waals surface area (Å²) in [5.41, 5.74) is 1.45. The number of hydrogen-bond acceptors (Lipinski definition) is 4. The van der Waals surface area contributed by atoms with E-state index in [0.717, 1.165) is 11.3 Å². The summed E-state index contributed by atoms with van der Waals surface area (Å²) >= 11 is 5.25. The molecule has 1 amide bonds. The minimum Gasteiger partial charge on any atom is -0.497 e. The van der Waals surface area contributed by atoms with Crippen LogP contribution in [0.2, 0.25) is 0 Å². The molecule has 134 valence electrons. The van der Waals surface area contributed by atoms with Gasteiger partial charge in [0.25, 0.3) is 5.56 Å². The van der Waals surface area contributed by atoms with Gasteiger partial charge < -0.3 is 15.0 Å². The Labute approximate surface area is 155 Å². The third-order valence-corrected chi connectivity index (χ3v) is 4.40. The Morgan fingerprint density at radius 2 is 2.04 bits per heavy atom. The molecular formula is C19H19N3O3S. The molecule has 0 aliphatic heterocycles. The van der Waals surface area contributed by atoms with Crippen LogP contribution < -0.4 is 15.6 Å². The lowest BCUT2D eigenvalue weighted by Gasteiger charge is -2.09. The van der Waals surface area contributed by atoms with E-state index in [2.05, 4.69) is 10.3 Å². The second kappa shape index (κ2) is 7.97. The molecule has 0 bridgehead atoms. The Morgan fingerprint density at radius 1 is 1.23 bits per heavy atom. The van der Waals surface area contributed by atoms with Gasteiger partial charge in [0.1, 0.15) is 5.75 Å². The largest absolute Gasteiger partial charge is 0.497 e. The van der Waals surface area contributed by atoms with Crippen molar-refractivity contribution in [3.63, 3.8) is 0 Å². The number of ether oxygens (including phenoxy) is 1. The van der Waals surface area contributed by atoms with Gasteiger partial charge in [0.15, 0.2) is 4.77 Å². The summed E-state index contributed by atoms with van der Waals surface area (Å²) in [7, 11) is 1.60. The number of H-pyrrole nitrogens is 1. The molecule has 3 aromatic rings. The van der Waals surface area contributed by atoms with Crippen molar-refractivity contribution in [1.29, 1.82) is 0 Å². The Kier molecular flexibility index (Phi) is 5.48. The van der Waals surface area contributed by atoms with Crippen LogP contribution in [0.4, 0.5) is 0 Å². The zero-order valence-electron chi connectivity index (χ0n) is 14.3. The molecule has 2 aromatic carbocycles. The van der Waals surface area contributed by atoms with Crippen molar-refractivity contribution in [2.24, 2.45) is 0 Å². The zero-order valence-corrected chi connectivity index (χ0v) is 15.1. The number of carbonyl (C=O) groups excluding carboxylic acids is 1. The van der Waals surface area contributed by atoms with Gasteiger partial charge in [-0.3, -0.25) is 14.2 Å². The van der Waals surface area contributed by atoms with Crippen molar-refractivity contribution >= 4 is 29.0 Å². The highest BCUT2D eigenvalue weighted by atomic mass is 32.1. The maximum Gasteiger partial charge on any atom is 0.262 e. The number of rotatable bonds is 6. The SMILES string of the molecule is COc1cccc(CNC(=O)CCn2c(=S)[nH]c3ccccc3c2=O)c1. The van der Waals surface area contributed by atoms with Gasteiger partial charge in [0, 0.05) is 19.5 Å². The minimum atomic E-state index is -0.190. The average molecular weight is 369 g/mol. The van der Waals surface area contributed by atoms with E-state index in [1.165, 1.54) is 4.57 Å². The number of amides is 1. The van der Waals surface area contributed by atoms with Crippen molar-refractivity contribution in [3.8, 4) is 5.75 Å². The molecule has 7 heteroatoms. The van der Waals surface area contributed by atoms with Gasteiger partial charge in [-0.25, -0.2) is 0 Å². The highest BCUT2D eigenvalue weighted by molar-refractivity contribution is 7.71. The molecule has 6 nitrogen and oxygen atoms in total. The van der Waals surface area contributed by atoms with Crippen LogP contribution >= 0.6 is 12.2 Å². The standard InChI is InChI=1S/C19H19N3O3S/c1-25-14-6-4-5-13(11-14)12-20-17(23)9-10-22-18(24)15-7-2-3-8-16(15)21-19(22)26/h2-8,11H,9-10,12H2,1H3,(H,20,23)(H,21,26). The van der Waals surface area contributed by atoms with E-state index >= 15 is 0 Å². The topological polar surface area (TPSA) is 76.1 Å². The van der Waals surface area contributed by atoms with Crippen LogP contribution in [0.15, 0.2) is 53.3 Å². The van der Waals surface area contributed by atoms with Crippen LogP contribution in [0.5, 0.6) is 5.75 Å². The summed E-state index contributed by atoms with van der Waals surface area (Å²) < 4.78 is 6.90. The molecule has 0 spiro atoms. The van der Waals surface area contributed by atoms with E-state index in [9.17, 15) is 9.59 Å². The fourth-order valence-electron chi connectivity index (χ4n) is 2.69. The predicted octanol–water partition coefficient (Wildman–Crippen LogP) is 2.77. The van der Waals surface area contributed by atoms with E-state index in [1.54, 1.807) is 25.3 Å². The average Bonchev–Trinajstić information content (AvgIpc) is 2.66. The fourth-order valence-corrected chi connectivity index (χ4v) is 2.97. The van der Waals surface area contributed by atoms with Crippen LogP contribution in [-0.2, 0) is 17.9 Å². The molecule has 3 rings (SSSR count). The summed E-state index contributed by atoms with van der Waals surface area (Å²) in [4.78, 5) is 27.7. The number of carbonyl (C=O) groups is 1. The first-order chi connectivity index (χ1) is 12.6. The van der Waals surface area contributed by atoms with E-state index < -0.39 is 0 Å². The maximum atomic E-state index is 12.5. The van der Waals surface area contributed by atoms with Gasteiger partial charge in [-0.15, -0.1) is 0 Å². The van der Waals surface area contributed by atoms with Crippen molar-refractivity contribution in [2.45, 2.75) is 19.5 Å². The summed E-state index contributed by atoms with van der Waals surface area (Å²) in [5.74, 6) is 0.591. The molecule has 0 fully saturated rings. The Hall–Kier alpha value is -2.93. The van der Waals surface area contributed by atoms with Crippen LogP contribution in [-0.4, -0.2) is 22.6 Å². The monoisotopic (exact) mass is 369 g/mol. The van der Waals surface area contributed by atoms with Gasteiger partial charge in [0.2, 0.25) is 5.91 Å². The quantitative estimate of drug-likeness (QED) is 0.655. The second-order valence-electron chi connectivity index (χ2n) is 5.81. The fraction of sp³-hybridized carbons (Fsp3) is 0.211. The summed E-state index contributed by atoms with van der Waals surface area (Å²) in [6.07, 6.45) is 0.166. The number of aromatic amines is 1. The van der Waals surface area contributed by atoms with E-state index in [-0.39, 0.29) is 24.4 Å². The highest BCUT2D eigenvalue weighted by Crippen LogP contribution is 2.12. The van der Waals surface area contributed by atoms with Crippen molar-refractivity contribution in [3.05, 3.63) is 69.2 Å². The van der Waals surface area contributed by atoms with Gasteiger partial charge in [-0.1, -0.05) is 24.3 Å². The first kappa shape index (κ1) is 17.9. The van der Waals surface area contributed by atoms with Crippen molar-refractivity contribution in [1.82, 2.24) is 14.9 Å². The van der Waals surface area contributed by atoms with E-state index in [4.69, 9.17) is 17.0 Å². The third kappa shape index (κ3) is 4.00. The van der Waals surface area contributed by atoms with Crippen LogP contribution in [0.25, 0.3) is 10.9 Å². The first-order valence-corrected chi connectivity index (χ1v) is 8.61. The number of nitrogens with one attached hydrogen (secondary N) is 2. The lowest BCUT2D eigenvalue weighted by Crippen LogP contribution is -2.28. The Balaban J connectivity index is 1.65. The highest BCUT2D eigenvalue weighted by Gasteiger charge is 2.08. The van der Waals surface area contributed by atoms with Gasteiger partial charge in [-0.2, -0.15) is 0 Å². The number of fused-ring (bicyclic) bond motifs is 1. The van der Waals surface area contributed by atoms with Crippen molar-refractivity contribution in [2.75, 3.05) is 7.11 Å². The number of benzene rings is 2. The number of hydrogen-bond donors (Lipinski definition) is 2. The number of aromatic nitrogens is 2. The van der Waals surface area contributed by atoms with E-state index in [0.29, 0.717) is 22.2 Å². The number of methoxy groups -OCH3 is 1. The van der Waals surface area contributed by atoms with Crippen LogP contribution in [0, 0.1) is 4.77 Å². The summed E-state index contributed by atoms with van der Waals surface area (Å²) in [6, 6.07) is 14.7. The predicted molar refractivity (Wildman–Crippen MR) is 103 cm³/mol. The molecular weight excluding hydrogens is 350 g/mol. The minimum absolute atomic E-state index is 0.151. The Morgan fingerprint density at radius 3 is 2.85 bits per heavy atom. The van der Waals surface area contributed by atoms with Crippen LogP contribution in [0.1, 0.15) is 12.0 Å². The summed E-state index contributed by atoms with van der Waals surface area (Å²) in [5, 5.41) is 3.40. The molecule has 0 saturated carbocycles. The Bertz CT molecular complexity index is 1060. The lowest BCUT2D eigenvalue weighted by atomic mass is 10.2. The normalized spacial score (nSPS) is 10.7. The van der Waals surface area contributed by atoms with Crippen molar-refractivity contribution < 1.29 is 9.53 Å². The molecule has 1 heterocycles. The third-order valence-electron chi connectivity index (χ3n) is 4.08. The second-order valence-corrected chi connectivity index (χ2v) is 6.20. The first-order valence-electron chi connectivity index (χ1n) is 8.20. The van der Waals surface area contributed by atoms with Gasteiger partial charge >= 0.3 is 0 Å². The molecule has 1 aromatic heterocycles.